The number of anilines is 3. The second kappa shape index (κ2) is 15.7. The lowest BCUT2D eigenvalue weighted by Gasteiger charge is -2.27. The van der Waals surface area contributed by atoms with Crippen LogP contribution in [0.5, 0.6) is 0 Å². The maximum Gasteiger partial charge on any atom is 0.124 e. The molecule has 0 aliphatic heterocycles. The highest BCUT2D eigenvalue weighted by molar-refractivity contribution is 7.80. The first-order valence-corrected chi connectivity index (χ1v) is 21.8. The van der Waals surface area contributed by atoms with Gasteiger partial charge in [0.2, 0.25) is 0 Å². The van der Waals surface area contributed by atoms with Crippen molar-refractivity contribution in [2.75, 3.05) is 4.90 Å². The van der Waals surface area contributed by atoms with E-state index in [1.54, 1.807) is 11.3 Å². The molecule has 11 aromatic rings. The molecule has 0 spiro atoms. The van der Waals surface area contributed by atoms with Crippen LogP contribution in [0.25, 0.3) is 86.8 Å². The van der Waals surface area contributed by atoms with Crippen LogP contribution in [0.2, 0.25) is 0 Å². The number of rotatable bonds is 8. The highest BCUT2D eigenvalue weighted by Gasteiger charge is 2.20. The predicted octanol–water partition coefficient (Wildman–Crippen LogP) is 16.7. The van der Waals surface area contributed by atoms with Crippen molar-refractivity contribution in [1.29, 1.82) is 0 Å². The molecule has 288 valence electrons. The molecular formula is C57H38N2S2. The summed E-state index contributed by atoms with van der Waals surface area (Å²) in [6, 6.07) is 80.4. The van der Waals surface area contributed by atoms with Crippen molar-refractivity contribution in [3.8, 4) is 55.1 Å². The lowest BCUT2D eigenvalue weighted by molar-refractivity contribution is 1.28. The minimum atomic E-state index is 0.917. The summed E-state index contributed by atoms with van der Waals surface area (Å²) < 4.78 is 1.13. The third-order valence-corrected chi connectivity index (χ3v) is 13.1. The number of benzene rings is 10. The lowest BCUT2D eigenvalue weighted by Crippen LogP contribution is -2.10. The Morgan fingerprint density at radius 1 is 0.377 bits per heavy atom. The standard InChI is InChI=1S/C57H38N2S2/c60-56-52(40-14-3-1-4-15-40)37-53-55(58-57(61-53)43-18-5-2-6-19-43)54(56)42-30-34-46(35-31-42)59(45-32-28-41(29-33-45)50-26-12-20-38-16-7-9-24-48(38)50)47-23-11-22-44(36-47)51-27-13-21-39-17-8-10-25-49(39)51/h1-37,60H. The van der Waals surface area contributed by atoms with Crippen molar-refractivity contribution < 1.29 is 0 Å². The Balaban J connectivity index is 1.05. The monoisotopic (exact) mass is 814 g/mol. The van der Waals surface area contributed by atoms with Gasteiger partial charge in [0.25, 0.3) is 0 Å². The maximum absolute atomic E-state index is 5.28. The summed E-state index contributed by atoms with van der Waals surface area (Å²) in [5, 5.41) is 5.95. The van der Waals surface area contributed by atoms with E-state index in [0.717, 1.165) is 65.0 Å². The van der Waals surface area contributed by atoms with E-state index >= 15 is 0 Å². The Kier molecular flexibility index (Phi) is 9.50. The topological polar surface area (TPSA) is 16.1 Å². The fourth-order valence-corrected chi connectivity index (χ4v) is 10.1. The molecule has 0 saturated carbocycles. The van der Waals surface area contributed by atoms with E-state index in [1.165, 1.54) is 43.8 Å². The van der Waals surface area contributed by atoms with Crippen LogP contribution in [0.3, 0.4) is 0 Å². The average Bonchev–Trinajstić information content (AvgIpc) is 3.76. The third-order valence-electron chi connectivity index (χ3n) is 11.6. The predicted molar refractivity (Wildman–Crippen MR) is 264 cm³/mol. The maximum atomic E-state index is 5.28. The van der Waals surface area contributed by atoms with Crippen LogP contribution in [0.15, 0.2) is 229 Å². The van der Waals surface area contributed by atoms with Gasteiger partial charge in [0.05, 0.1) is 10.2 Å². The summed E-state index contributed by atoms with van der Waals surface area (Å²) in [4.78, 5) is 8.56. The summed E-state index contributed by atoms with van der Waals surface area (Å²) >= 11 is 7.00. The molecule has 1 heterocycles. The molecule has 0 saturated heterocycles. The Bertz CT molecular complexity index is 3350. The molecule has 61 heavy (non-hydrogen) atoms. The molecule has 2 nitrogen and oxygen atoms in total. The highest BCUT2D eigenvalue weighted by atomic mass is 32.1. The van der Waals surface area contributed by atoms with Gasteiger partial charge in [-0.05, 0) is 103 Å². The van der Waals surface area contributed by atoms with Gasteiger partial charge >= 0.3 is 0 Å². The second-order valence-electron chi connectivity index (χ2n) is 15.3. The molecule has 0 aliphatic rings. The Morgan fingerprint density at radius 2 is 0.869 bits per heavy atom. The van der Waals surface area contributed by atoms with E-state index in [0.29, 0.717) is 0 Å². The fourth-order valence-electron chi connectivity index (χ4n) is 8.65. The number of thiol groups is 1. The molecule has 0 fully saturated rings. The Morgan fingerprint density at radius 3 is 1.51 bits per heavy atom. The minimum Gasteiger partial charge on any atom is -0.310 e. The molecule has 0 aliphatic carbocycles. The summed E-state index contributed by atoms with van der Waals surface area (Å²) in [6.45, 7) is 0. The number of fused-ring (bicyclic) bond motifs is 3. The van der Waals surface area contributed by atoms with Gasteiger partial charge in [-0.25, -0.2) is 4.98 Å². The van der Waals surface area contributed by atoms with Crippen molar-refractivity contribution in [2.45, 2.75) is 4.90 Å². The van der Waals surface area contributed by atoms with E-state index < -0.39 is 0 Å². The van der Waals surface area contributed by atoms with Crippen molar-refractivity contribution in [1.82, 2.24) is 4.98 Å². The van der Waals surface area contributed by atoms with Gasteiger partial charge in [0.15, 0.2) is 0 Å². The van der Waals surface area contributed by atoms with Gasteiger partial charge in [-0.1, -0.05) is 182 Å². The van der Waals surface area contributed by atoms with Crippen LogP contribution in [-0.4, -0.2) is 4.98 Å². The van der Waals surface area contributed by atoms with Crippen LogP contribution in [0, 0.1) is 0 Å². The zero-order valence-corrected chi connectivity index (χ0v) is 34.8. The van der Waals surface area contributed by atoms with Gasteiger partial charge in [0.1, 0.15) is 5.01 Å². The van der Waals surface area contributed by atoms with Gasteiger partial charge in [0, 0.05) is 33.1 Å². The number of hydrogen-bond acceptors (Lipinski definition) is 4. The van der Waals surface area contributed by atoms with Crippen molar-refractivity contribution in [3.05, 3.63) is 224 Å². The molecule has 4 heteroatoms. The van der Waals surface area contributed by atoms with Crippen molar-refractivity contribution >= 4 is 72.8 Å². The third kappa shape index (κ3) is 6.86. The average molecular weight is 815 g/mol. The minimum absolute atomic E-state index is 0.917. The SMILES string of the molecule is Sc1c(-c2ccccc2)cc2sc(-c3ccccc3)nc2c1-c1ccc(N(c2ccc(-c3cccc4ccccc34)cc2)c2cccc(-c3cccc4ccccc34)c2)cc1. The van der Waals surface area contributed by atoms with Crippen LogP contribution in [-0.2, 0) is 0 Å². The number of thiazole rings is 1. The van der Waals surface area contributed by atoms with Gasteiger partial charge in [-0.15, -0.1) is 24.0 Å². The molecule has 0 radical (unpaired) electrons. The molecular weight excluding hydrogens is 777 g/mol. The van der Waals surface area contributed by atoms with E-state index in [4.69, 9.17) is 17.6 Å². The molecule has 11 rings (SSSR count). The molecule has 0 amide bonds. The van der Waals surface area contributed by atoms with Crippen LogP contribution >= 0.6 is 24.0 Å². The molecule has 0 bridgehead atoms. The number of hydrogen-bond donors (Lipinski definition) is 1. The molecule has 10 aromatic carbocycles. The number of nitrogens with zero attached hydrogens (tertiary/aromatic N) is 2. The summed E-state index contributed by atoms with van der Waals surface area (Å²) in [5.74, 6) is 0. The van der Waals surface area contributed by atoms with Crippen LogP contribution in [0.1, 0.15) is 0 Å². The number of aromatic nitrogens is 1. The lowest BCUT2D eigenvalue weighted by atomic mass is 9.96. The molecule has 0 N–H and O–H groups in total. The smallest absolute Gasteiger partial charge is 0.124 e. The zero-order chi connectivity index (χ0) is 40.7. The first-order valence-electron chi connectivity index (χ1n) is 20.5. The van der Waals surface area contributed by atoms with E-state index in [-0.39, 0.29) is 0 Å². The second-order valence-corrected chi connectivity index (χ2v) is 16.8. The largest absolute Gasteiger partial charge is 0.310 e. The summed E-state index contributed by atoms with van der Waals surface area (Å²) in [7, 11) is 0. The molecule has 1 aromatic heterocycles. The van der Waals surface area contributed by atoms with E-state index in [1.807, 2.05) is 6.07 Å². The van der Waals surface area contributed by atoms with Crippen molar-refractivity contribution in [3.63, 3.8) is 0 Å². The normalized spacial score (nSPS) is 11.4. The van der Waals surface area contributed by atoms with Gasteiger partial charge in [-0.3, -0.25) is 0 Å². The van der Waals surface area contributed by atoms with E-state index in [9.17, 15) is 0 Å². The molecule has 0 atom stereocenters. The first-order chi connectivity index (χ1) is 30.2. The molecule has 0 unspecified atom stereocenters. The van der Waals surface area contributed by atoms with Gasteiger partial charge < -0.3 is 4.90 Å². The first kappa shape index (κ1) is 36.8. The van der Waals surface area contributed by atoms with Crippen molar-refractivity contribution in [2.24, 2.45) is 0 Å². The van der Waals surface area contributed by atoms with Crippen LogP contribution in [0.4, 0.5) is 17.1 Å². The highest BCUT2D eigenvalue weighted by Crippen LogP contribution is 2.46. The summed E-state index contributed by atoms with van der Waals surface area (Å²) in [5.41, 5.74) is 14.4. The Hall–Kier alpha value is -7.24. The summed E-state index contributed by atoms with van der Waals surface area (Å²) in [6.07, 6.45) is 0. The fraction of sp³-hybridized carbons (Fsp3) is 0. The van der Waals surface area contributed by atoms with Gasteiger partial charge in [-0.2, -0.15) is 0 Å². The van der Waals surface area contributed by atoms with Crippen LogP contribution < -0.4 is 4.90 Å². The quantitative estimate of drug-likeness (QED) is 0.154. The van der Waals surface area contributed by atoms with E-state index in [2.05, 4.69) is 223 Å². The Labute approximate surface area is 365 Å². The zero-order valence-electron chi connectivity index (χ0n) is 33.1.